The van der Waals surface area contributed by atoms with Crippen LogP contribution in [-0.2, 0) is 11.3 Å². The summed E-state index contributed by atoms with van der Waals surface area (Å²) >= 11 is 0. The number of esters is 1. The number of nitrogens with zero attached hydrogens (tertiary/aromatic N) is 5. The number of aromatic nitrogens is 4. The molecular formula is C17H14FN5O2. The average Bonchev–Trinajstić information content (AvgIpc) is 2.67. The van der Waals surface area contributed by atoms with Gasteiger partial charge in [0.25, 0.3) is 0 Å². The van der Waals surface area contributed by atoms with Crippen molar-refractivity contribution in [2.24, 2.45) is 0 Å². The highest BCUT2D eigenvalue weighted by molar-refractivity contribution is 5.89. The second kappa shape index (κ2) is 7.43. The quantitative estimate of drug-likeness (QED) is 0.661. The number of hydrogen-bond donors (Lipinski definition) is 0. The minimum atomic E-state index is -0.592. The van der Waals surface area contributed by atoms with Crippen molar-refractivity contribution in [1.82, 2.24) is 20.2 Å². The third-order valence-corrected chi connectivity index (χ3v) is 3.46. The molecule has 0 spiro atoms. The van der Waals surface area contributed by atoms with Gasteiger partial charge in [0.15, 0.2) is 11.6 Å². The first kappa shape index (κ1) is 16.4. The van der Waals surface area contributed by atoms with E-state index < -0.39 is 11.8 Å². The van der Waals surface area contributed by atoms with E-state index in [-0.39, 0.29) is 12.1 Å². The van der Waals surface area contributed by atoms with Crippen molar-refractivity contribution in [3.05, 3.63) is 72.1 Å². The fourth-order valence-electron chi connectivity index (χ4n) is 2.24. The number of carbonyl (C=O) groups excluding carboxylic acids is 1. The van der Waals surface area contributed by atoms with Gasteiger partial charge < -0.3 is 9.64 Å². The molecule has 2 aromatic heterocycles. The molecule has 0 unspecified atom stereocenters. The Morgan fingerprint density at radius 1 is 1.20 bits per heavy atom. The van der Waals surface area contributed by atoms with Crippen LogP contribution in [0.5, 0.6) is 0 Å². The summed E-state index contributed by atoms with van der Waals surface area (Å²) in [5.41, 5.74) is 0.512. The minimum Gasteiger partial charge on any atom is -0.465 e. The normalized spacial score (nSPS) is 10.3. The maximum atomic E-state index is 14.4. The fraction of sp³-hybridized carbons (Fsp3) is 0.118. The lowest BCUT2D eigenvalue weighted by Crippen LogP contribution is -2.20. The average molecular weight is 339 g/mol. The predicted molar refractivity (Wildman–Crippen MR) is 87.6 cm³/mol. The lowest BCUT2D eigenvalue weighted by atomic mass is 10.1. The molecule has 25 heavy (non-hydrogen) atoms. The molecule has 7 nitrogen and oxygen atoms in total. The van der Waals surface area contributed by atoms with Crippen LogP contribution in [0.4, 0.5) is 16.0 Å². The molecule has 0 atom stereocenters. The van der Waals surface area contributed by atoms with Crippen LogP contribution >= 0.6 is 0 Å². The molecule has 0 aliphatic heterocycles. The Hall–Kier alpha value is -3.42. The highest BCUT2D eigenvalue weighted by atomic mass is 19.1. The molecule has 0 N–H and O–H groups in total. The van der Waals surface area contributed by atoms with Crippen molar-refractivity contribution in [1.29, 1.82) is 0 Å². The zero-order valence-electron chi connectivity index (χ0n) is 13.3. The van der Waals surface area contributed by atoms with Crippen LogP contribution in [-0.4, -0.2) is 33.2 Å². The summed E-state index contributed by atoms with van der Waals surface area (Å²) in [5, 5.41) is 7.90. The molecule has 1 aromatic carbocycles. The lowest BCUT2D eigenvalue weighted by molar-refractivity contribution is 0.0600. The van der Waals surface area contributed by atoms with E-state index in [9.17, 15) is 9.18 Å². The van der Waals surface area contributed by atoms with E-state index in [0.29, 0.717) is 17.2 Å². The van der Waals surface area contributed by atoms with E-state index in [4.69, 9.17) is 0 Å². The zero-order valence-corrected chi connectivity index (χ0v) is 13.3. The molecule has 3 rings (SSSR count). The van der Waals surface area contributed by atoms with Crippen LogP contribution in [0.3, 0.4) is 0 Å². The molecular weight excluding hydrogens is 325 g/mol. The smallest absolute Gasteiger partial charge is 0.337 e. The number of ether oxygens (including phenoxy) is 1. The van der Waals surface area contributed by atoms with Gasteiger partial charge in [-0.05, 0) is 24.3 Å². The van der Waals surface area contributed by atoms with E-state index in [1.54, 1.807) is 35.6 Å². The molecule has 3 aromatic rings. The van der Waals surface area contributed by atoms with E-state index in [1.807, 2.05) is 0 Å². The van der Waals surface area contributed by atoms with Crippen molar-refractivity contribution < 1.29 is 13.9 Å². The molecule has 0 radical (unpaired) electrons. The second-order valence-electron chi connectivity index (χ2n) is 5.03. The van der Waals surface area contributed by atoms with E-state index >= 15 is 0 Å². The summed E-state index contributed by atoms with van der Waals surface area (Å²) < 4.78 is 19.0. The van der Waals surface area contributed by atoms with Crippen molar-refractivity contribution >= 4 is 17.6 Å². The molecule has 126 valence electrons. The Morgan fingerprint density at radius 3 is 2.72 bits per heavy atom. The molecule has 0 aliphatic rings. The highest BCUT2D eigenvalue weighted by Gasteiger charge is 2.17. The molecule has 8 heteroatoms. The van der Waals surface area contributed by atoms with Gasteiger partial charge in [-0.1, -0.05) is 6.07 Å². The number of halogens is 1. The van der Waals surface area contributed by atoms with Crippen LogP contribution in [0.1, 0.15) is 15.9 Å². The first-order valence-electron chi connectivity index (χ1n) is 7.37. The monoisotopic (exact) mass is 339 g/mol. The summed E-state index contributed by atoms with van der Waals surface area (Å²) in [7, 11) is 1.25. The number of hydrogen-bond acceptors (Lipinski definition) is 7. The van der Waals surface area contributed by atoms with Gasteiger partial charge in [0, 0.05) is 24.2 Å². The standard InChI is InChI=1S/C17H14FN5O2/c1-25-17(24)12-4-5-13(14(18)9-12)11-23(15-3-2-6-21-22-15)16-10-19-7-8-20-16/h2-10H,11H2,1H3. The number of benzene rings is 1. The Kier molecular flexibility index (Phi) is 4.89. The molecule has 0 saturated heterocycles. The van der Waals surface area contributed by atoms with Crippen LogP contribution in [0.2, 0.25) is 0 Å². The van der Waals surface area contributed by atoms with E-state index in [0.717, 1.165) is 6.07 Å². The molecule has 0 saturated carbocycles. The number of rotatable bonds is 5. The molecule has 2 heterocycles. The van der Waals surface area contributed by atoms with Gasteiger partial charge in [0.05, 0.1) is 25.4 Å². The van der Waals surface area contributed by atoms with Gasteiger partial charge in [0.1, 0.15) is 5.82 Å². The van der Waals surface area contributed by atoms with Gasteiger partial charge in [-0.2, -0.15) is 5.10 Å². The number of carbonyl (C=O) groups is 1. The molecule has 0 amide bonds. The van der Waals surface area contributed by atoms with Crippen molar-refractivity contribution in [2.75, 3.05) is 12.0 Å². The Morgan fingerprint density at radius 2 is 2.08 bits per heavy atom. The Balaban J connectivity index is 1.95. The van der Waals surface area contributed by atoms with Gasteiger partial charge in [0.2, 0.25) is 0 Å². The number of anilines is 2. The largest absolute Gasteiger partial charge is 0.465 e. The van der Waals surface area contributed by atoms with Crippen molar-refractivity contribution in [3.63, 3.8) is 0 Å². The third kappa shape index (κ3) is 3.74. The highest BCUT2D eigenvalue weighted by Crippen LogP contribution is 2.24. The zero-order chi connectivity index (χ0) is 17.6. The summed E-state index contributed by atoms with van der Waals surface area (Å²) in [5.74, 6) is -0.121. The Bertz CT molecular complexity index is 822. The number of methoxy groups -OCH3 is 1. The van der Waals surface area contributed by atoms with Gasteiger partial charge in [-0.3, -0.25) is 4.98 Å². The Labute approximate surface area is 143 Å². The maximum Gasteiger partial charge on any atom is 0.337 e. The van der Waals surface area contributed by atoms with Crippen molar-refractivity contribution in [3.8, 4) is 0 Å². The van der Waals surface area contributed by atoms with Gasteiger partial charge in [-0.25, -0.2) is 14.2 Å². The van der Waals surface area contributed by atoms with E-state index in [2.05, 4.69) is 24.9 Å². The summed E-state index contributed by atoms with van der Waals surface area (Å²) in [4.78, 5) is 21.5. The summed E-state index contributed by atoms with van der Waals surface area (Å²) in [6.07, 6.45) is 6.18. The third-order valence-electron chi connectivity index (χ3n) is 3.46. The van der Waals surface area contributed by atoms with E-state index in [1.165, 1.54) is 25.4 Å². The van der Waals surface area contributed by atoms with Gasteiger partial charge in [-0.15, -0.1) is 5.10 Å². The SMILES string of the molecule is COC(=O)c1ccc(CN(c2cnccn2)c2cccnn2)c(F)c1. The van der Waals surface area contributed by atoms with Crippen molar-refractivity contribution in [2.45, 2.75) is 6.54 Å². The molecule has 0 fully saturated rings. The van der Waals surface area contributed by atoms with Gasteiger partial charge >= 0.3 is 5.97 Å². The first-order valence-corrected chi connectivity index (χ1v) is 7.37. The second-order valence-corrected chi connectivity index (χ2v) is 5.03. The van der Waals surface area contributed by atoms with Crippen LogP contribution in [0, 0.1) is 5.82 Å². The van der Waals surface area contributed by atoms with Crippen LogP contribution < -0.4 is 4.90 Å². The summed E-state index contributed by atoms with van der Waals surface area (Å²) in [6, 6.07) is 7.65. The van der Waals surface area contributed by atoms with Crippen LogP contribution in [0.25, 0.3) is 0 Å². The predicted octanol–water partition coefficient (Wildman–Crippen LogP) is 2.53. The summed E-state index contributed by atoms with van der Waals surface area (Å²) in [6.45, 7) is 0.144. The lowest BCUT2D eigenvalue weighted by Gasteiger charge is -2.22. The fourth-order valence-corrected chi connectivity index (χ4v) is 2.24. The molecule has 0 bridgehead atoms. The van der Waals surface area contributed by atoms with Crippen LogP contribution in [0.15, 0.2) is 55.1 Å². The first-order chi connectivity index (χ1) is 12.2. The minimum absolute atomic E-state index is 0.144. The maximum absolute atomic E-state index is 14.4. The topological polar surface area (TPSA) is 81.1 Å². The molecule has 0 aliphatic carbocycles.